The molecule has 0 aliphatic carbocycles. The lowest BCUT2D eigenvalue weighted by atomic mass is 10.5. The van der Waals surface area contributed by atoms with Crippen LogP contribution in [0.15, 0.2) is 0 Å². The SMILES string of the molecule is CCCS(=O)(=O)CCCNC(N)=O. The van der Waals surface area contributed by atoms with E-state index in [-0.39, 0.29) is 11.5 Å². The molecule has 13 heavy (non-hydrogen) atoms. The molecule has 0 rings (SSSR count). The summed E-state index contributed by atoms with van der Waals surface area (Å²) in [4.78, 5) is 10.2. The third-order valence-electron chi connectivity index (χ3n) is 1.45. The first-order valence-electron chi connectivity index (χ1n) is 4.21. The number of rotatable bonds is 6. The van der Waals surface area contributed by atoms with Crippen LogP contribution in [0.3, 0.4) is 0 Å². The first kappa shape index (κ1) is 12.2. The summed E-state index contributed by atoms with van der Waals surface area (Å²) in [5, 5.41) is 2.33. The topological polar surface area (TPSA) is 89.3 Å². The Morgan fingerprint density at radius 2 is 2.00 bits per heavy atom. The molecule has 0 atom stereocenters. The molecule has 0 aromatic heterocycles. The molecule has 3 N–H and O–H groups in total. The first-order chi connectivity index (χ1) is 5.98. The summed E-state index contributed by atoms with van der Waals surface area (Å²) in [6, 6.07) is -0.618. The third kappa shape index (κ3) is 7.58. The van der Waals surface area contributed by atoms with Crippen LogP contribution in [0, 0.1) is 0 Å². The molecule has 0 aromatic carbocycles. The van der Waals surface area contributed by atoms with E-state index in [0.717, 1.165) is 0 Å². The minimum absolute atomic E-state index is 0.112. The van der Waals surface area contributed by atoms with Gasteiger partial charge in [0.15, 0.2) is 0 Å². The number of amides is 2. The predicted molar refractivity (Wildman–Crippen MR) is 51.1 cm³/mol. The Bertz CT molecular complexity index is 248. The monoisotopic (exact) mass is 208 g/mol. The number of urea groups is 1. The van der Waals surface area contributed by atoms with Crippen LogP contribution in [-0.4, -0.2) is 32.5 Å². The molecule has 0 aliphatic rings. The Labute approximate surface area is 78.6 Å². The van der Waals surface area contributed by atoms with Gasteiger partial charge in [0.05, 0.1) is 5.75 Å². The summed E-state index contributed by atoms with van der Waals surface area (Å²) < 4.78 is 22.3. The normalized spacial score (nSPS) is 11.2. The summed E-state index contributed by atoms with van der Waals surface area (Å²) in [5.41, 5.74) is 4.80. The number of primary amides is 1. The quantitative estimate of drug-likeness (QED) is 0.596. The minimum atomic E-state index is -2.92. The van der Waals surface area contributed by atoms with Crippen molar-refractivity contribution in [3.8, 4) is 0 Å². The molecule has 6 heteroatoms. The van der Waals surface area contributed by atoms with Gasteiger partial charge in [0, 0.05) is 12.3 Å². The van der Waals surface area contributed by atoms with Gasteiger partial charge in [0.2, 0.25) is 0 Å². The van der Waals surface area contributed by atoms with E-state index < -0.39 is 15.9 Å². The van der Waals surface area contributed by atoms with Crippen molar-refractivity contribution in [3.05, 3.63) is 0 Å². The predicted octanol–water partition coefficient (Wildman–Crippen LogP) is -0.130. The van der Waals surface area contributed by atoms with Crippen molar-refractivity contribution < 1.29 is 13.2 Å². The van der Waals surface area contributed by atoms with Gasteiger partial charge in [-0.05, 0) is 12.8 Å². The summed E-state index contributed by atoms with van der Waals surface area (Å²) >= 11 is 0. The van der Waals surface area contributed by atoms with Crippen molar-refractivity contribution >= 4 is 15.9 Å². The van der Waals surface area contributed by atoms with Gasteiger partial charge in [-0.15, -0.1) is 0 Å². The average Bonchev–Trinajstić information content (AvgIpc) is 1.98. The van der Waals surface area contributed by atoms with E-state index in [2.05, 4.69) is 5.32 Å². The molecule has 0 fully saturated rings. The lowest BCUT2D eigenvalue weighted by molar-refractivity contribution is 0.249. The maximum Gasteiger partial charge on any atom is 0.312 e. The van der Waals surface area contributed by atoms with Crippen molar-refractivity contribution in [1.29, 1.82) is 0 Å². The second kappa shape index (κ2) is 5.80. The molecule has 0 bridgehead atoms. The number of hydrogen-bond acceptors (Lipinski definition) is 3. The van der Waals surface area contributed by atoms with Crippen molar-refractivity contribution in [3.63, 3.8) is 0 Å². The number of nitrogens with two attached hydrogens (primary N) is 1. The number of nitrogens with one attached hydrogen (secondary N) is 1. The highest BCUT2D eigenvalue weighted by Crippen LogP contribution is 1.95. The number of hydrogen-bond donors (Lipinski definition) is 2. The molecule has 0 aromatic rings. The molecule has 0 heterocycles. The van der Waals surface area contributed by atoms with Gasteiger partial charge in [-0.25, -0.2) is 13.2 Å². The van der Waals surface area contributed by atoms with E-state index in [0.29, 0.717) is 19.4 Å². The first-order valence-corrected chi connectivity index (χ1v) is 6.04. The fraction of sp³-hybridized carbons (Fsp3) is 0.857. The molecule has 0 radical (unpaired) electrons. The number of sulfone groups is 1. The lowest BCUT2D eigenvalue weighted by Crippen LogP contribution is -2.31. The average molecular weight is 208 g/mol. The molecule has 0 saturated heterocycles. The zero-order chi connectivity index (χ0) is 10.3. The molecule has 5 nitrogen and oxygen atoms in total. The van der Waals surface area contributed by atoms with Crippen LogP contribution in [0.2, 0.25) is 0 Å². The maximum absolute atomic E-state index is 11.1. The molecule has 78 valence electrons. The van der Waals surface area contributed by atoms with Gasteiger partial charge in [-0.1, -0.05) is 6.92 Å². The van der Waals surface area contributed by atoms with Gasteiger partial charge in [-0.2, -0.15) is 0 Å². The maximum atomic E-state index is 11.1. The van der Waals surface area contributed by atoms with E-state index >= 15 is 0 Å². The van der Waals surface area contributed by atoms with Crippen LogP contribution >= 0.6 is 0 Å². The van der Waals surface area contributed by atoms with Crippen LogP contribution in [0.25, 0.3) is 0 Å². The standard InChI is InChI=1S/C7H16N2O3S/c1-2-5-13(11,12)6-3-4-9-7(8)10/h2-6H2,1H3,(H3,8,9,10). The van der Waals surface area contributed by atoms with E-state index in [4.69, 9.17) is 5.73 Å². The second-order valence-electron chi connectivity index (χ2n) is 2.80. The van der Waals surface area contributed by atoms with Crippen molar-refractivity contribution in [2.24, 2.45) is 5.73 Å². The second-order valence-corrected chi connectivity index (χ2v) is 5.10. The molecular formula is C7H16N2O3S. The zero-order valence-corrected chi connectivity index (χ0v) is 8.56. The van der Waals surface area contributed by atoms with Gasteiger partial charge < -0.3 is 11.1 Å². The Morgan fingerprint density at radius 3 is 2.46 bits per heavy atom. The highest BCUT2D eigenvalue weighted by Gasteiger charge is 2.08. The largest absolute Gasteiger partial charge is 0.352 e. The minimum Gasteiger partial charge on any atom is -0.352 e. The summed E-state index contributed by atoms with van der Waals surface area (Å²) in [5.74, 6) is 0.324. The highest BCUT2D eigenvalue weighted by atomic mass is 32.2. The molecule has 2 amide bonds. The fourth-order valence-corrected chi connectivity index (χ4v) is 2.33. The molecule has 0 aliphatic heterocycles. The van der Waals surface area contributed by atoms with E-state index in [1.165, 1.54) is 0 Å². The molecular weight excluding hydrogens is 192 g/mol. The Kier molecular flexibility index (Phi) is 5.45. The molecule has 0 saturated carbocycles. The van der Waals surface area contributed by atoms with Gasteiger partial charge in [-0.3, -0.25) is 0 Å². The van der Waals surface area contributed by atoms with Gasteiger partial charge in [0.1, 0.15) is 9.84 Å². The van der Waals surface area contributed by atoms with Gasteiger partial charge in [0.25, 0.3) is 0 Å². The van der Waals surface area contributed by atoms with Crippen LogP contribution < -0.4 is 11.1 Å². The van der Waals surface area contributed by atoms with Crippen LogP contribution in [-0.2, 0) is 9.84 Å². The highest BCUT2D eigenvalue weighted by molar-refractivity contribution is 7.91. The summed E-state index contributed by atoms with van der Waals surface area (Å²) in [6.07, 6.45) is 1.05. The third-order valence-corrected chi connectivity index (χ3v) is 3.39. The van der Waals surface area contributed by atoms with E-state index in [9.17, 15) is 13.2 Å². The van der Waals surface area contributed by atoms with Crippen molar-refractivity contribution in [1.82, 2.24) is 5.32 Å². The Morgan fingerprint density at radius 1 is 1.38 bits per heavy atom. The fourth-order valence-electron chi connectivity index (χ4n) is 0.917. The number of carbonyl (C=O) groups is 1. The van der Waals surface area contributed by atoms with Crippen molar-refractivity contribution in [2.45, 2.75) is 19.8 Å². The Hall–Kier alpha value is -0.780. The van der Waals surface area contributed by atoms with Crippen LogP contribution in [0.5, 0.6) is 0 Å². The molecule has 0 unspecified atom stereocenters. The Balaban J connectivity index is 3.58. The van der Waals surface area contributed by atoms with Crippen LogP contribution in [0.4, 0.5) is 4.79 Å². The lowest BCUT2D eigenvalue weighted by Gasteiger charge is -2.02. The van der Waals surface area contributed by atoms with E-state index in [1.807, 2.05) is 6.92 Å². The van der Waals surface area contributed by atoms with E-state index in [1.54, 1.807) is 0 Å². The smallest absolute Gasteiger partial charge is 0.312 e. The number of carbonyl (C=O) groups excluding carboxylic acids is 1. The van der Waals surface area contributed by atoms with Crippen LogP contribution in [0.1, 0.15) is 19.8 Å². The zero-order valence-electron chi connectivity index (χ0n) is 7.75. The summed E-state index contributed by atoms with van der Waals surface area (Å²) in [6.45, 7) is 2.14. The van der Waals surface area contributed by atoms with Gasteiger partial charge >= 0.3 is 6.03 Å². The molecule has 0 spiro atoms. The van der Waals surface area contributed by atoms with Crippen molar-refractivity contribution in [2.75, 3.05) is 18.1 Å². The summed E-state index contributed by atoms with van der Waals surface area (Å²) in [7, 11) is -2.92.